The van der Waals surface area contributed by atoms with E-state index in [1.807, 2.05) is 13.8 Å². The van der Waals surface area contributed by atoms with E-state index in [1.54, 1.807) is 10.9 Å². The van der Waals surface area contributed by atoms with Crippen LogP contribution in [0.15, 0.2) is 17.3 Å². The molecule has 1 aromatic carbocycles. The van der Waals surface area contributed by atoms with Crippen molar-refractivity contribution in [3.8, 4) is 0 Å². The summed E-state index contributed by atoms with van der Waals surface area (Å²) in [5, 5.41) is 6.79. The van der Waals surface area contributed by atoms with Crippen molar-refractivity contribution in [2.75, 3.05) is 25.0 Å². The second-order valence-electron chi connectivity index (χ2n) is 9.91. The van der Waals surface area contributed by atoms with Crippen LogP contribution in [-0.2, 0) is 41.2 Å². The molecule has 2 aliphatic carbocycles. The number of nitrogens with zero attached hydrogens (tertiary/aromatic N) is 3. The minimum atomic E-state index is -4.16. The summed E-state index contributed by atoms with van der Waals surface area (Å²) in [5.74, 6) is -0.139. The number of benzene rings is 1. The summed E-state index contributed by atoms with van der Waals surface area (Å²) < 4.78 is 44.3. The van der Waals surface area contributed by atoms with E-state index in [-0.39, 0.29) is 16.4 Å². The van der Waals surface area contributed by atoms with E-state index >= 15 is 0 Å². The largest absolute Gasteiger partial charge is 0.333 e. The number of anilines is 1. The summed E-state index contributed by atoms with van der Waals surface area (Å²) in [5.41, 5.74) is 3.14. The van der Waals surface area contributed by atoms with Gasteiger partial charge in [0.25, 0.3) is 10.0 Å². The molecule has 0 bridgehead atoms. The van der Waals surface area contributed by atoms with Crippen LogP contribution in [0.1, 0.15) is 55.4 Å². The van der Waals surface area contributed by atoms with Crippen molar-refractivity contribution < 1.29 is 17.6 Å². The van der Waals surface area contributed by atoms with Crippen LogP contribution in [0.3, 0.4) is 0 Å². The molecular weight excluding hydrogens is 445 g/mol. The van der Waals surface area contributed by atoms with Crippen molar-refractivity contribution in [1.29, 1.82) is 0 Å². The van der Waals surface area contributed by atoms with E-state index in [4.69, 9.17) is 0 Å². The van der Waals surface area contributed by atoms with E-state index < -0.39 is 16.1 Å². The normalized spacial score (nSPS) is 18.0. The van der Waals surface area contributed by atoms with Gasteiger partial charge in [-0.05, 0) is 100 Å². The highest BCUT2D eigenvalue weighted by Crippen LogP contribution is 2.40. The number of aromatic nitrogens is 2. The third-order valence-corrected chi connectivity index (χ3v) is 8.28. The lowest BCUT2D eigenvalue weighted by atomic mass is 9.98. The number of carbonyl (C=O) groups excluding carboxylic acids is 1. The van der Waals surface area contributed by atoms with Crippen LogP contribution in [0.4, 0.5) is 14.9 Å². The number of hydrogen-bond acceptors (Lipinski definition) is 5. The van der Waals surface area contributed by atoms with E-state index in [0.29, 0.717) is 42.5 Å². The molecule has 0 spiro atoms. The van der Waals surface area contributed by atoms with Gasteiger partial charge in [-0.1, -0.05) is 0 Å². The topological polar surface area (TPSA) is 96.3 Å². The number of carbonyl (C=O) groups is 1. The van der Waals surface area contributed by atoms with Gasteiger partial charge in [0.15, 0.2) is 5.03 Å². The van der Waals surface area contributed by atoms with Gasteiger partial charge in [-0.3, -0.25) is 4.68 Å². The summed E-state index contributed by atoms with van der Waals surface area (Å²) in [4.78, 5) is 15.0. The number of halogens is 1. The average Bonchev–Trinajstić information content (AvgIpc) is 3.47. The quantitative estimate of drug-likeness (QED) is 0.670. The Morgan fingerprint density at radius 1 is 1.06 bits per heavy atom. The highest BCUT2D eigenvalue weighted by molar-refractivity contribution is 7.90. The fourth-order valence-electron chi connectivity index (χ4n) is 5.30. The lowest BCUT2D eigenvalue weighted by Crippen LogP contribution is -2.47. The number of urea groups is 1. The van der Waals surface area contributed by atoms with Gasteiger partial charge in [-0.2, -0.15) is 13.5 Å². The van der Waals surface area contributed by atoms with Gasteiger partial charge in [0, 0.05) is 18.4 Å². The second-order valence-corrected chi connectivity index (χ2v) is 11.5. The molecule has 3 aliphatic rings. The Bertz CT molecular complexity index is 1180. The molecule has 0 saturated carbocycles. The second kappa shape index (κ2) is 8.09. The zero-order valence-corrected chi connectivity index (χ0v) is 19.9. The number of nitrogens with one attached hydrogen (secondary N) is 2. The third kappa shape index (κ3) is 4.03. The minimum Gasteiger partial charge on any atom is -0.307 e. The third-order valence-electron chi connectivity index (χ3n) is 7.05. The van der Waals surface area contributed by atoms with Crippen LogP contribution < -0.4 is 10.0 Å². The Balaban J connectivity index is 1.34. The number of likely N-dealkylation sites (tertiary alicyclic amines) is 1. The smallest absolute Gasteiger partial charge is 0.307 e. The molecule has 10 heteroatoms. The fourth-order valence-corrected chi connectivity index (χ4v) is 6.13. The zero-order chi connectivity index (χ0) is 23.4. The van der Waals surface area contributed by atoms with Crippen LogP contribution in [0.5, 0.6) is 0 Å². The molecule has 1 aromatic heterocycles. The molecule has 33 heavy (non-hydrogen) atoms. The Morgan fingerprint density at radius 2 is 1.67 bits per heavy atom. The maximum Gasteiger partial charge on any atom is 0.333 e. The first-order valence-electron chi connectivity index (χ1n) is 11.6. The van der Waals surface area contributed by atoms with E-state index in [1.165, 1.54) is 12.5 Å². The first kappa shape index (κ1) is 22.3. The van der Waals surface area contributed by atoms with E-state index in [9.17, 15) is 17.6 Å². The van der Waals surface area contributed by atoms with E-state index in [0.717, 1.165) is 43.6 Å². The van der Waals surface area contributed by atoms with Crippen LogP contribution in [0.25, 0.3) is 0 Å². The van der Waals surface area contributed by atoms with Crippen molar-refractivity contribution in [1.82, 2.24) is 19.4 Å². The molecule has 8 nitrogen and oxygen atoms in total. The molecule has 1 saturated heterocycles. The Kier molecular flexibility index (Phi) is 5.48. The van der Waals surface area contributed by atoms with Crippen LogP contribution in [0, 0.1) is 5.82 Å². The van der Waals surface area contributed by atoms with Crippen molar-refractivity contribution in [3.05, 3.63) is 40.3 Å². The molecule has 2 amide bonds. The number of sulfonamides is 1. The molecule has 178 valence electrons. The molecule has 0 unspecified atom stereocenters. The van der Waals surface area contributed by atoms with Crippen LogP contribution in [0.2, 0.25) is 0 Å². The molecule has 2 heterocycles. The average molecular weight is 476 g/mol. The lowest BCUT2D eigenvalue weighted by Gasteiger charge is -2.38. The number of amides is 2. The van der Waals surface area contributed by atoms with Gasteiger partial charge in [-0.15, -0.1) is 0 Å². The Hall–Kier alpha value is -2.46. The molecule has 0 radical (unpaired) electrons. The van der Waals surface area contributed by atoms with Gasteiger partial charge in [0.1, 0.15) is 5.82 Å². The van der Waals surface area contributed by atoms with Gasteiger partial charge in [0.05, 0.1) is 5.54 Å². The summed E-state index contributed by atoms with van der Waals surface area (Å²) >= 11 is 0. The highest BCUT2D eigenvalue weighted by atomic mass is 32.2. The molecule has 5 rings (SSSR count). The summed E-state index contributed by atoms with van der Waals surface area (Å²) in [6.07, 6.45) is 7.11. The van der Waals surface area contributed by atoms with Gasteiger partial charge >= 0.3 is 6.03 Å². The van der Waals surface area contributed by atoms with Crippen LogP contribution >= 0.6 is 0 Å². The summed E-state index contributed by atoms with van der Waals surface area (Å²) in [7, 11) is -4.16. The van der Waals surface area contributed by atoms with Crippen molar-refractivity contribution in [2.45, 2.75) is 69.4 Å². The first-order chi connectivity index (χ1) is 15.7. The number of fused-ring (bicyclic) bond motifs is 2. The van der Waals surface area contributed by atoms with Crippen LogP contribution in [-0.4, -0.2) is 48.8 Å². The summed E-state index contributed by atoms with van der Waals surface area (Å²) in [6.45, 7) is 6.85. The maximum absolute atomic E-state index is 14.9. The fraction of sp³-hybridized carbons (Fsp3) is 0.565. The molecular formula is C23H30FN5O3S. The van der Waals surface area contributed by atoms with Gasteiger partial charge in [0.2, 0.25) is 0 Å². The molecule has 1 aliphatic heterocycles. The van der Waals surface area contributed by atoms with E-state index in [2.05, 4.69) is 20.0 Å². The number of rotatable bonds is 6. The predicted molar refractivity (Wildman–Crippen MR) is 122 cm³/mol. The summed E-state index contributed by atoms with van der Waals surface area (Å²) in [6, 6.07) is 0.556. The number of hydrogen-bond donors (Lipinski definition) is 2. The minimum absolute atomic E-state index is 0.139. The van der Waals surface area contributed by atoms with Crippen molar-refractivity contribution in [3.63, 3.8) is 0 Å². The molecule has 0 atom stereocenters. The van der Waals surface area contributed by atoms with Gasteiger partial charge < -0.3 is 10.2 Å². The zero-order valence-electron chi connectivity index (χ0n) is 19.1. The standard InChI is InChI=1S/C23H30FN5O3S/c1-23(2,14-28-11-5-12-28)29-13-10-19(26-29)33(31,32)27-22(30)25-21-17-8-3-6-15(17)20(24)16-7-4-9-18(16)21/h10,13H,3-9,11-12,14H2,1-2H3,(H2,25,27,30). The Labute approximate surface area is 193 Å². The monoisotopic (exact) mass is 475 g/mol. The molecule has 2 N–H and O–H groups in total. The SMILES string of the molecule is CC(C)(CN1CCC1)n1ccc(S(=O)(=O)NC(=O)Nc2c3c(c(F)c4c2CCC4)CCC3)n1. The lowest BCUT2D eigenvalue weighted by molar-refractivity contribution is 0.112. The van der Waals surface area contributed by atoms with Gasteiger partial charge in [-0.25, -0.2) is 13.9 Å². The van der Waals surface area contributed by atoms with Crippen molar-refractivity contribution in [2.24, 2.45) is 0 Å². The maximum atomic E-state index is 14.9. The molecule has 2 aromatic rings. The Morgan fingerprint density at radius 3 is 2.24 bits per heavy atom. The molecule has 1 fully saturated rings. The van der Waals surface area contributed by atoms with Crippen molar-refractivity contribution >= 4 is 21.7 Å². The first-order valence-corrected chi connectivity index (χ1v) is 13.1. The highest BCUT2D eigenvalue weighted by Gasteiger charge is 2.32. The predicted octanol–water partition coefficient (Wildman–Crippen LogP) is 2.95.